The molecular formula is C22H19Cl2FN10O2S. The summed E-state index contributed by atoms with van der Waals surface area (Å²) in [5, 5.41) is 11.1. The third kappa shape index (κ3) is 5.23. The van der Waals surface area contributed by atoms with Crippen molar-refractivity contribution in [1.82, 2.24) is 38.9 Å². The summed E-state index contributed by atoms with van der Waals surface area (Å²) in [4.78, 5) is 43.2. The van der Waals surface area contributed by atoms with E-state index in [9.17, 15) is 14.0 Å². The van der Waals surface area contributed by atoms with Gasteiger partial charge >= 0.3 is 11.4 Å². The van der Waals surface area contributed by atoms with Gasteiger partial charge in [0.2, 0.25) is 5.95 Å². The van der Waals surface area contributed by atoms with Gasteiger partial charge in [0.1, 0.15) is 6.33 Å². The van der Waals surface area contributed by atoms with Crippen LogP contribution in [0.25, 0.3) is 10.2 Å². The molecule has 4 heterocycles. The van der Waals surface area contributed by atoms with Crippen LogP contribution >= 0.6 is 34.5 Å². The van der Waals surface area contributed by atoms with E-state index in [4.69, 9.17) is 23.2 Å². The summed E-state index contributed by atoms with van der Waals surface area (Å²) >= 11 is 13.9. The van der Waals surface area contributed by atoms with Gasteiger partial charge in [0.05, 0.1) is 50.9 Å². The molecule has 12 nitrogen and oxygen atoms in total. The molecule has 0 aliphatic rings. The van der Waals surface area contributed by atoms with Crippen molar-refractivity contribution >= 4 is 61.5 Å². The number of benzene rings is 1. The molecule has 0 bridgehead atoms. The fourth-order valence-corrected chi connectivity index (χ4v) is 4.93. The molecule has 196 valence electrons. The molecule has 0 unspecified atom stereocenters. The highest BCUT2D eigenvalue weighted by atomic mass is 35.5. The van der Waals surface area contributed by atoms with Crippen molar-refractivity contribution in [2.24, 2.45) is 7.05 Å². The van der Waals surface area contributed by atoms with Crippen molar-refractivity contribution in [3.05, 3.63) is 79.1 Å². The average Bonchev–Trinajstić information content (AvgIpc) is 3.46. The number of nitrogens with zero attached hydrogens (tertiary/aromatic N) is 8. The number of rotatable bonds is 8. The minimum atomic E-state index is -0.823. The minimum Gasteiger partial charge on any atom is -0.362 e. The van der Waals surface area contributed by atoms with E-state index in [1.165, 1.54) is 33.0 Å². The van der Waals surface area contributed by atoms with E-state index in [1.54, 1.807) is 19.2 Å². The van der Waals surface area contributed by atoms with Crippen molar-refractivity contribution in [3.63, 3.8) is 0 Å². The monoisotopic (exact) mass is 576 g/mol. The molecule has 0 atom stereocenters. The zero-order chi connectivity index (χ0) is 27.0. The molecule has 0 radical (unpaired) electrons. The smallest absolute Gasteiger partial charge is 0.355 e. The Morgan fingerprint density at radius 2 is 1.87 bits per heavy atom. The van der Waals surface area contributed by atoms with E-state index in [1.807, 2.05) is 6.92 Å². The number of anilines is 3. The summed E-state index contributed by atoms with van der Waals surface area (Å²) in [6.07, 6.45) is 2.40. The Morgan fingerprint density at radius 1 is 1.05 bits per heavy atom. The summed E-state index contributed by atoms with van der Waals surface area (Å²) in [6, 6.07) is 4.72. The summed E-state index contributed by atoms with van der Waals surface area (Å²) in [7, 11) is 1.66. The highest BCUT2D eigenvalue weighted by Gasteiger charge is 2.18. The summed E-state index contributed by atoms with van der Waals surface area (Å²) in [6.45, 7) is 2.30. The Labute approximate surface area is 227 Å². The first kappa shape index (κ1) is 25.8. The minimum absolute atomic E-state index is 0.0925. The molecule has 0 aliphatic heterocycles. The Morgan fingerprint density at radius 3 is 2.58 bits per heavy atom. The highest BCUT2D eigenvalue weighted by Crippen LogP contribution is 2.34. The third-order valence-corrected chi connectivity index (χ3v) is 6.91. The number of hydrogen-bond acceptors (Lipinski definition) is 10. The zero-order valence-electron chi connectivity index (χ0n) is 19.9. The first-order chi connectivity index (χ1) is 18.2. The fourth-order valence-electron chi connectivity index (χ4n) is 3.59. The van der Waals surface area contributed by atoms with Crippen molar-refractivity contribution in [2.75, 3.05) is 17.2 Å². The fraction of sp³-hybridized carbons (Fsp3) is 0.227. The normalized spacial score (nSPS) is 11.3. The number of fused-ring (bicyclic) bond motifs is 1. The first-order valence-electron chi connectivity index (χ1n) is 11.2. The van der Waals surface area contributed by atoms with Crippen LogP contribution in [0.4, 0.5) is 21.2 Å². The molecule has 0 fully saturated rings. The maximum atomic E-state index is 13.7. The van der Waals surface area contributed by atoms with Gasteiger partial charge < -0.3 is 10.6 Å². The molecule has 5 aromatic rings. The largest absolute Gasteiger partial charge is 0.362 e. The van der Waals surface area contributed by atoms with E-state index in [2.05, 4.69) is 35.7 Å². The van der Waals surface area contributed by atoms with E-state index in [0.29, 0.717) is 22.8 Å². The third-order valence-electron chi connectivity index (χ3n) is 5.33. The van der Waals surface area contributed by atoms with Gasteiger partial charge in [0, 0.05) is 13.6 Å². The Hall–Kier alpha value is -3.88. The average molecular weight is 577 g/mol. The molecule has 0 saturated carbocycles. The summed E-state index contributed by atoms with van der Waals surface area (Å²) < 4.78 is 18.0. The topological polar surface area (TPSA) is 137 Å². The second-order valence-electron chi connectivity index (χ2n) is 8.07. The van der Waals surface area contributed by atoms with Gasteiger partial charge in [0.15, 0.2) is 16.8 Å². The molecular weight excluding hydrogens is 558 g/mol. The van der Waals surface area contributed by atoms with Crippen molar-refractivity contribution in [2.45, 2.75) is 20.0 Å². The number of hydrogen-bond donors (Lipinski definition) is 2. The lowest BCUT2D eigenvalue weighted by molar-refractivity contribution is 0.567. The molecule has 5 rings (SSSR count). The van der Waals surface area contributed by atoms with Crippen LogP contribution in [0, 0.1) is 5.82 Å². The Bertz CT molecular complexity index is 1780. The SMILES string of the molecule is CCNc1nc2cc(Cl)c(Nc3nc(=O)n(Cc4ncn(C)n4)c(=O)n3Cc3cc(Cl)c(F)cn3)cc2s1. The van der Waals surface area contributed by atoms with Crippen LogP contribution in [0.1, 0.15) is 18.4 Å². The van der Waals surface area contributed by atoms with Crippen LogP contribution in [-0.2, 0) is 20.1 Å². The van der Waals surface area contributed by atoms with Crippen molar-refractivity contribution in [1.29, 1.82) is 0 Å². The lowest BCUT2D eigenvalue weighted by atomic mass is 10.3. The lowest BCUT2D eigenvalue weighted by Gasteiger charge is -2.16. The van der Waals surface area contributed by atoms with Gasteiger partial charge in [0.25, 0.3) is 0 Å². The van der Waals surface area contributed by atoms with Gasteiger partial charge in [-0.3, -0.25) is 14.2 Å². The Kier molecular flexibility index (Phi) is 7.10. The van der Waals surface area contributed by atoms with Gasteiger partial charge in [-0.05, 0) is 25.1 Å². The van der Waals surface area contributed by atoms with Gasteiger partial charge in [-0.2, -0.15) is 10.1 Å². The van der Waals surface area contributed by atoms with E-state index in [-0.39, 0.29) is 35.6 Å². The number of aryl methyl sites for hydroxylation is 1. The Balaban J connectivity index is 1.60. The second kappa shape index (κ2) is 10.5. The predicted octanol–water partition coefficient (Wildman–Crippen LogP) is 3.26. The molecule has 2 N–H and O–H groups in total. The van der Waals surface area contributed by atoms with Crippen molar-refractivity contribution < 1.29 is 4.39 Å². The zero-order valence-corrected chi connectivity index (χ0v) is 22.3. The first-order valence-corrected chi connectivity index (χ1v) is 12.8. The molecule has 0 spiro atoms. The van der Waals surface area contributed by atoms with Crippen LogP contribution < -0.4 is 22.0 Å². The highest BCUT2D eigenvalue weighted by molar-refractivity contribution is 7.22. The molecule has 0 aliphatic carbocycles. The number of pyridine rings is 1. The quantitative estimate of drug-likeness (QED) is 0.285. The van der Waals surface area contributed by atoms with Gasteiger partial charge in [-0.15, -0.1) is 0 Å². The van der Waals surface area contributed by atoms with Crippen LogP contribution in [-0.4, -0.2) is 45.4 Å². The van der Waals surface area contributed by atoms with Crippen LogP contribution in [0.2, 0.25) is 10.0 Å². The maximum Gasteiger partial charge on any atom is 0.355 e. The molecule has 16 heteroatoms. The lowest BCUT2D eigenvalue weighted by Crippen LogP contribution is -2.43. The second-order valence-corrected chi connectivity index (χ2v) is 9.92. The van der Waals surface area contributed by atoms with Crippen LogP contribution in [0.15, 0.2) is 40.3 Å². The molecule has 0 saturated heterocycles. The van der Waals surface area contributed by atoms with Gasteiger partial charge in [-0.25, -0.2) is 28.5 Å². The van der Waals surface area contributed by atoms with E-state index >= 15 is 0 Å². The maximum absolute atomic E-state index is 13.7. The van der Waals surface area contributed by atoms with E-state index < -0.39 is 17.2 Å². The number of nitrogens with one attached hydrogen (secondary N) is 2. The number of thiazole rings is 1. The van der Waals surface area contributed by atoms with Crippen LogP contribution in [0.3, 0.4) is 0 Å². The molecule has 38 heavy (non-hydrogen) atoms. The molecule has 4 aromatic heterocycles. The summed E-state index contributed by atoms with van der Waals surface area (Å²) in [5.74, 6) is -0.545. The standard InChI is InChI=1S/C22H19Cl2FN10O2S/c1-3-26-20-30-16-5-13(24)15(6-17(16)38-20)29-19-31-21(36)35(9-18-28-10-33(2)32-18)22(37)34(19)8-11-4-12(23)14(25)7-27-11/h4-7,10H,3,8-9H2,1-2H3,(H,26,30)(H,29,31,36). The van der Waals surface area contributed by atoms with E-state index in [0.717, 1.165) is 20.6 Å². The van der Waals surface area contributed by atoms with Crippen LogP contribution in [0.5, 0.6) is 0 Å². The number of halogens is 3. The van der Waals surface area contributed by atoms with Crippen molar-refractivity contribution in [3.8, 4) is 0 Å². The molecule has 0 amide bonds. The summed E-state index contributed by atoms with van der Waals surface area (Å²) in [5.41, 5.74) is -0.179. The predicted molar refractivity (Wildman–Crippen MR) is 143 cm³/mol. The molecule has 1 aromatic carbocycles. The van der Waals surface area contributed by atoms with Gasteiger partial charge in [-0.1, -0.05) is 34.5 Å². The number of aromatic nitrogens is 8.